The van der Waals surface area contributed by atoms with Crippen molar-refractivity contribution in [2.75, 3.05) is 5.32 Å². The summed E-state index contributed by atoms with van der Waals surface area (Å²) in [6.07, 6.45) is 3.96. The molecule has 2 heterocycles. The van der Waals surface area contributed by atoms with Crippen LogP contribution in [0.25, 0.3) is 0 Å². The van der Waals surface area contributed by atoms with Gasteiger partial charge >= 0.3 is 0 Å². The third kappa shape index (κ3) is 4.53. The molecule has 3 rings (SSSR count). The molecule has 0 aliphatic rings. The summed E-state index contributed by atoms with van der Waals surface area (Å²) in [4.78, 5) is 16.6. The lowest BCUT2D eigenvalue weighted by Crippen LogP contribution is -2.16. The van der Waals surface area contributed by atoms with Crippen molar-refractivity contribution in [1.82, 2.24) is 25.0 Å². The van der Waals surface area contributed by atoms with Crippen molar-refractivity contribution < 1.29 is 4.79 Å². The maximum absolute atomic E-state index is 12.6. The predicted molar refractivity (Wildman–Crippen MR) is 95.3 cm³/mol. The Balaban J connectivity index is 1.73. The van der Waals surface area contributed by atoms with Gasteiger partial charge in [-0.1, -0.05) is 39.0 Å². The first-order valence-electron chi connectivity index (χ1n) is 8.17. The first-order chi connectivity index (χ1) is 11.9. The Kier molecular flexibility index (Phi) is 4.65. The fourth-order valence-corrected chi connectivity index (χ4v) is 2.64. The Bertz CT molecular complexity index is 845. The second-order valence-corrected chi connectivity index (χ2v) is 7.22. The lowest BCUT2D eigenvalue weighted by Gasteiger charge is -2.15. The van der Waals surface area contributed by atoms with Crippen LogP contribution in [-0.4, -0.2) is 30.9 Å². The Morgan fingerprint density at radius 2 is 2.08 bits per heavy atom. The topological polar surface area (TPSA) is 88.5 Å². The molecule has 0 aliphatic carbocycles. The molecular formula is C18H22N6O. The Morgan fingerprint density at radius 3 is 2.80 bits per heavy atom. The number of hydrogen-bond acceptors (Lipinski definition) is 4. The van der Waals surface area contributed by atoms with E-state index in [0.717, 1.165) is 17.7 Å². The molecule has 0 fully saturated rings. The summed E-state index contributed by atoms with van der Waals surface area (Å²) in [7, 11) is 0. The number of rotatable bonds is 5. The van der Waals surface area contributed by atoms with Gasteiger partial charge in [0, 0.05) is 17.3 Å². The van der Waals surface area contributed by atoms with Crippen LogP contribution >= 0.6 is 0 Å². The quantitative estimate of drug-likeness (QED) is 0.748. The van der Waals surface area contributed by atoms with Gasteiger partial charge in [0.1, 0.15) is 12.7 Å². The van der Waals surface area contributed by atoms with Crippen molar-refractivity contribution in [3.8, 4) is 0 Å². The van der Waals surface area contributed by atoms with Crippen LogP contribution in [0.2, 0.25) is 0 Å². The number of nitrogens with one attached hydrogen (secondary N) is 2. The minimum absolute atomic E-state index is 0.151. The zero-order valence-electron chi connectivity index (χ0n) is 14.7. The van der Waals surface area contributed by atoms with Gasteiger partial charge in [0.2, 0.25) is 0 Å². The van der Waals surface area contributed by atoms with Crippen LogP contribution in [0.5, 0.6) is 0 Å². The van der Waals surface area contributed by atoms with Gasteiger partial charge in [-0.25, -0.2) is 9.67 Å². The zero-order valence-corrected chi connectivity index (χ0v) is 14.7. The Labute approximate surface area is 146 Å². The SMILES string of the molecule is CC(C)(C)Cc1cc(NC(=O)c2ccccc2Cn2cncn2)n[nH]1. The minimum atomic E-state index is -0.190. The van der Waals surface area contributed by atoms with E-state index in [1.54, 1.807) is 17.1 Å². The smallest absolute Gasteiger partial charge is 0.257 e. The van der Waals surface area contributed by atoms with Crippen molar-refractivity contribution >= 4 is 11.7 Å². The molecule has 2 aromatic heterocycles. The van der Waals surface area contributed by atoms with Crippen LogP contribution < -0.4 is 5.32 Å². The van der Waals surface area contributed by atoms with E-state index in [1.165, 1.54) is 6.33 Å². The van der Waals surface area contributed by atoms with E-state index in [-0.39, 0.29) is 11.3 Å². The molecule has 0 saturated heterocycles. The average molecular weight is 338 g/mol. The predicted octanol–water partition coefficient (Wildman–Crippen LogP) is 2.89. The van der Waals surface area contributed by atoms with Crippen molar-refractivity contribution in [2.45, 2.75) is 33.7 Å². The molecule has 7 heteroatoms. The van der Waals surface area contributed by atoms with Gasteiger partial charge in [-0.2, -0.15) is 10.2 Å². The molecule has 3 aromatic rings. The van der Waals surface area contributed by atoms with Crippen LogP contribution in [0.3, 0.4) is 0 Å². The second kappa shape index (κ2) is 6.88. The van der Waals surface area contributed by atoms with Gasteiger partial charge in [0.05, 0.1) is 6.54 Å². The molecule has 1 amide bonds. The standard InChI is InChI=1S/C18H22N6O/c1-18(2,3)9-14-8-16(23-22-14)21-17(25)15-7-5-4-6-13(15)10-24-12-19-11-20-24/h4-8,11-12H,9-10H2,1-3H3,(H2,21,22,23,25). The number of benzene rings is 1. The molecular weight excluding hydrogens is 316 g/mol. The molecule has 0 saturated carbocycles. The summed E-state index contributed by atoms with van der Waals surface area (Å²) >= 11 is 0. The summed E-state index contributed by atoms with van der Waals surface area (Å²) in [6.45, 7) is 6.96. The fourth-order valence-electron chi connectivity index (χ4n) is 2.64. The second-order valence-electron chi connectivity index (χ2n) is 7.22. The van der Waals surface area contributed by atoms with E-state index in [0.29, 0.717) is 17.9 Å². The number of aromatic nitrogens is 5. The summed E-state index contributed by atoms with van der Waals surface area (Å²) in [6, 6.07) is 9.33. The maximum Gasteiger partial charge on any atom is 0.257 e. The van der Waals surface area contributed by atoms with E-state index in [2.05, 4.69) is 46.4 Å². The number of amides is 1. The van der Waals surface area contributed by atoms with E-state index in [9.17, 15) is 4.79 Å². The largest absolute Gasteiger partial charge is 0.305 e. The fraction of sp³-hybridized carbons (Fsp3) is 0.333. The minimum Gasteiger partial charge on any atom is -0.305 e. The maximum atomic E-state index is 12.6. The highest BCUT2D eigenvalue weighted by Crippen LogP contribution is 2.21. The molecule has 2 N–H and O–H groups in total. The normalized spacial score (nSPS) is 11.5. The van der Waals surface area contributed by atoms with Crippen molar-refractivity contribution in [1.29, 1.82) is 0 Å². The summed E-state index contributed by atoms with van der Waals surface area (Å²) in [5, 5.41) is 14.1. The van der Waals surface area contributed by atoms with Crippen molar-refractivity contribution in [3.63, 3.8) is 0 Å². The number of aromatic amines is 1. The molecule has 1 aromatic carbocycles. The van der Waals surface area contributed by atoms with Crippen LogP contribution in [0.4, 0.5) is 5.82 Å². The molecule has 0 radical (unpaired) electrons. The van der Waals surface area contributed by atoms with E-state index >= 15 is 0 Å². The number of hydrogen-bond donors (Lipinski definition) is 2. The van der Waals surface area contributed by atoms with Gasteiger partial charge in [-0.15, -0.1) is 0 Å². The van der Waals surface area contributed by atoms with Gasteiger partial charge in [-0.3, -0.25) is 9.89 Å². The molecule has 0 unspecified atom stereocenters. The molecule has 0 aliphatic heterocycles. The summed E-state index contributed by atoms with van der Waals surface area (Å²) in [5.74, 6) is 0.337. The molecule has 7 nitrogen and oxygen atoms in total. The summed E-state index contributed by atoms with van der Waals surface area (Å²) < 4.78 is 1.68. The Hall–Kier alpha value is -2.96. The van der Waals surface area contributed by atoms with Gasteiger partial charge in [0.15, 0.2) is 5.82 Å². The highest BCUT2D eigenvalue weighted by molar-refractivity contribution is 6.04. The molecule has 0 atom stereocenters. The third-order valence-electron chi connectivity index (χ3n) is 3.65. The van der Waals surface area contributed by atoms with Crippen molar-refractivity contribution in [2.24, 2.45) is 5.41 Å². The number of carbonyl (C=O) groups is 1. The summed E-state index contributed by atoms with van der Waals surface area (Å²) in [5.41, 5.74) is 2.62. The third-order valence-corrected chi connectivity index (χ3v) is 3.65. The van der Waals surface area contributed by atoms with Gasteiger partial charge < -0.3 is 5.32 Å². The molecule has 0 bridgehead atoms. The number of anilines is 1. The molecule has 0 spiro atoms. The van der Waals surface area contributed by atoms with E-state index in [1.807, 2.05) is 24.3 Å². The first kappa shape index (κ1) is 16.9. The monoisotopic (exact) mass is 338 g/mol. The van der Waals surface area contributed by atoms with Crippen LogP contribution in [0.15, 0.2) is 43.0 Å². The highest BCUT2D eigenvalue weighted by atomic mass is 16.1. The first-order valence-corrected chi connectivity index (χ1v) is 8.17. The lowest BCUT2D eigenvalue weighted by atomic mass is 9.91. The number of nitrogens with zero attached hydrogens (tertiary/aromatic N) is 4. The van der Waals surface area contributed by atoms with E-state index < -0.39 is 0 Å². The van der Waals surface area contributed by atoms with Crippen LogP contribution in [0.1, 0.15) is 42.4 Å². The highest BCUT2D eigenvalue weighted by Gasteiger charge is 2.16. The number of carbonyl (C=O) groups excluding carboxylic acids is 1. The molecule has 130 valence electrons. The lowest BCUT2D eigenvalue weighted by molar-refractivity contribution is 0.102. The van der Waals surface area contributed by atoms with Crippen LogP contribution in [0, 0.1) is 5.41 Å². The van der Waals surface area contributed by atoms with Crippen molar-refractivity contribution in [3.05, 3.63) is 59.8 Å². The van der Waals surface area contributed by atoms with Gasteiger partial charge in [-0.05, 0) is 23.5 Å². The zero-order chi connectivity index (χ0) is 17.9. The Morgan fingerprint density at radius 1 is 1.28 bits per heavy atom. The van der Waals surface area contributed by atoms with E-state index in [4.69, 9.17) is 0 Å². The van der Waals surface area contributed by atoms with Crippen LogP contribution in [-0.2, 0) is 13.0 Å². The average Bonchev–Trinajstić information content (AvgIpc) is 3.18. The number of H-pyrrole nitrogens is 1. The van der Waals surface area contributed by atoms with Gasteiger partial charge in [0.25, 0.3) is 5.91 Å². The molecule has 25 heavy (non-hydrogen) atoms.